The molecule has 0 atom stereocenters. The molecule has 0 bridgehead atoms. The molecule has 0 spiro atoms. The summed E-state index contributed by atoms with van der Waals surface area (Å²) in [5.41, 5.74) is 6.45. The van der Waals surface area contributed by atoms with Crippen molar-refractivity contribution in [1.82, 2.24) is 16.2 Å². The molecular formula is C25H27N3O3S. The highest BCUT2D eigenvalue weighted by Gasteiger charge is 2.10. The Kier molecular flexibility index (Phi) is 8.16. The predicted molar refractivity (Wildman–Crippen MR) is 130 cm³/mol. The molecule has 32 heavy (non-hydrogen) atoms. The van der Waals surface area contributed by atoms with Gasteiger partial charge in [-0.25, -0.2) is 0 Å². The number of benzene rings is 3. The number of thiocarbonyl (C=S) groups is 1. The molecule has 0 aliphatic heterocycles. The average molecular weight is 450 g/mol. The Morgan fingerprint density at radius 1 is 0.938 bits per heavy atom. The van der Waals surface area contributed by atoms with Gasteiger partial charge in [0.25, 0.3) is 5.91 Å². The van der Waals surface area contributed by atoms with E-state index in [1.54, 1.807) is 24.3 Å². The molecule has 0 unspecified atom stereocenters. The molecule has 6 nitrogen and oxygen atoms in total. The Morgan fingerprint density at radius 3 is 2.41 bits per heavy atom. The van der Waals surface area contributed by atoms with Gasteiger partial charge >= 0.3 is 0 Å². The van der Waals surface area contributed by atoms with Gasteiger partial charge in [-0.1, -0.05) is 56.3 Å². The number of hydrogen-bond donors (Lipinski definition) is 3. The fourth-order valence-corrected chi connectivity index (χ4v) is 3.26. The molecule has 0 heterocycles. The smallest absolute Gasteiger partial charge is 0.257 e. The lowest BCUT2D eigenvalue weighted by molar-refractivity contribution is -0.121. The summed E-state index contributed by atoms with van der Waals surface area (Å²) in [6, 6.07) is 20.6. The SMILES string of the molecule is CC(C)CCOc1ccc(C(=O)NC(=S)NNC(=O)Cc2cccc3ccccc23)cc1. The summed E-state index contributed by atoms with van der Waals surface area (Å²) in [6.07, 6.45) is 1.15. The lowest BCUT2D eigenvalue weighted by atomic mass is 10.0. The van der Waals surface area contributed by atoms with Crippen molar-refractivity contribution in [3.05, 3.63) is 77.9 Å². The standard InChI is InChI=1S/C25H27N3O3S/c1-17(2)14-15-31-21-12-10-19(11-13-21)24(30)26-25(32)28-27-23(29)16-20-8-5-7-18-6-3-4-9-22(18)20/h3-13,17H,14-16H2,1-2H3,(H,27,29)(H2,26,28,30,32). The highest BCUT2D eigenvalue weighted by atomic mass is 32.1. The van der Waals surface area contributed by atoms with Gasteiger partial charge in [-0.15, -0.1) is 0 Å². The molecule has 3 rings (SSSR count). The first-order valence-corrected chi connectivity index (χ1v) is 10.9. The molecule has 0 saturated heterocycles. The molecule has 3 aromatic rings. The normalized spacial score (nSPS) is 10.6. The van der Waals surface area contributed by atoms with Crippen LogP contribution in [0.5, 0.6) is 5.75 Å². The van der Waals surface area contributed by atoms with Crippen LogP contribution in [-0.2, 0) is 11.2 Å². The van der Waals surface area contributed by atoms with Crippen LogP contribution in [0.15, 0.2) is 66.7 Å². The van der Waals surface area contributed by atoms with Crippen molar-refractivity contribution < 1.29 is 14.3 Å². The molecule has 0 aromatic heterocycles. The van der Waals surface area contributed by atoms with E-state index in [0.717, 1.165) is 22.8 Å². The van der Waals surface area contributed by atoms with Crippen LogP contribution in [0.2, 0.25) is 0 Å². The first-order chi connectivity index (χ1) is 15.4. The Balaban J connectivity index is 1.45. The zero-order valence-corrected chi connectivity index (χ0v) is 19.0. The second kappa shape index (κ2) is 11.2. The molecule has 0 saturated carbocycles. The van der Waals surface area contributed by atoms with Crippen molar-refractivity contribution in [1.29, 1.82) is 0 Å². The van der Waals surface area contributed by atoms with Crippen molar-refractivity contribution in [2.24, 2.45) is 5.92 Å². The summed E-state index contributed by atoms with van der Waals surface area (Å²) in [5.74, 6) is 0.644. The van der Waals surface area contributed by atoms with Crippen LogP contribution in [0.3, 0.4) is 0 Å². The van der Waals surface area contributed by atoms with E-state index in [1.165, 1.54) is 0 Å². The van der Waals surface area contributed by atoms with Crippen molar-refractivity contribution in [2.45, 2.75) is 26.7 Å². The van der Waals surface area contributed by atoms with Crippen molar-refractivity contribution >= 4 is 39.9 Å². The quantitative estimate of drug-likeness (QED) is 0.373. The molecule has 7 heteroatoms. The number of carbonyl (C=O) groups excluding carboxylic acids is 2. The van der Waals surface area contributed by atoms with Crippen molar-refractivity contribution in [3.63, 3.8) is 0 Å². The van der Waals surface area contributed by atoms with Crippen molar-refractivity contribution in [2.75, 3.05) is 6.61 Å². The Labute approximate surface area is 193 Å². The Hall–Kier alpha value is -3.45. The van der Waals surface area contributed by atoms with Gasteiger partial charge in [0.05, 0.1) is 13.0 Å². The molecule has 0 aliphatic rings. The molecular weight excluding hydrogens is 422 g/mol. The third kappa shape index (κ3) is 6.78. The summed E-state index contributed by atoms with van der Waals surface area (Å²) >= 11 is 5.12. The first-order valence-electron chi connectivity index (χ1n) is 10.5. The van der Waals surface area contributed by atoms with E-state index in [9.17, 15) is 9.59 Å². The van der Waals surface area contributed by atoms with Gasteiger partial charge in [0, 0.05) is 5.56 Å². The highest BCUT2D eigenvalue weighted by Crippen LogP contribution is 2.18. The lowest BCUT2D eigenvalue weighted by Crippen LogP contribution is -2.48. The summed E-state index contributed by atoms with van der Waals surface area (Å²) in [7, 11) is 0. The summed E-state index contributed by atoms with van der Waals surface area (Å²) in [4.78, 5) is 24.7. The van der Waals surface area contributed by atoms with Gasteiger partial charge in [0.2, 0.25) is 5.91 Å². The minimum atomic E-state index is -0.375. The summed E-state index contributed by atoms with van der Waals surface area (Å²) in [6.45, 7) is 4.91. The summed E-state index contributed by atoms with van der Waals surface area (Å²) in [5, 5.41) is 4.66. The maximum Gasteiger partial charge on any atom is 0.257 e. The number of amides is 2. The van der Waals surface area contributed by atoms with Crippen LogP contribution >= 0.6 is 12.2 Å². The zero-order chi connectivity index (χ0) is 22.9. The largest absolute Gasteiger partial charge is 0.494 e. The molecule has 0 fully saturated rings. The van der Waals surface area contributed by atoms with Crippen LogP contribution in [0.1, 0.15) is 36.2 Å². The number of ether oxygens (including phenoxy) is 1. The fourth-order valence-electron chi connectivity index (χ4n) is 3.11. The topological polar surface area (TPSA) is 79.5 Å². The fraction of sp³-hybridized carbons (Fsp3) is 0.240. The number of nitrogens with one attached hydrogen (secondary N) is 3. The third-order valence-corrected chi connectivity index (χ3v) is 5.06. The molecule has 166 valence electrons. The average Bonchev–Trinajstić information content (AvgIpc) is 2.78. The van der Waals surface area contributed by atoms with E-state index in [2.05, 4.69) is 30.0 Å². The van der Waals surface area contributed by atoms with E-state index in [0.29, 0.717) is 23.8 Å². The first kappa shape index (κ1) is 23.2. The Bertz CT molecular complexity index is 1090. The van der Waals surface area contributed by atoms with Crippen LogP contribution in [0.25, 0.3) is 10.8 Å². The zero-order valence-electron chi connectivity index (χ0n) is 18.2. The van der Waals surface area contributed by atoms with Crippen LogP contribution < -0.4 is 20.9 Å². The van der Waals surface area contributed by atoms with E-state index >= 15 is 0 Å². The van der Waals surface area contributed by atoms with E-state index in [4.69, 9.17) is 17.0 Å². The minimum absolute atomic E-state index is 0.0125. The lowest BCUT2D eigenvalue weighted by Gasteiger charge is -2.12. The van der Waals surface area contributed by atoms with E-state index in [1.807, 2.05) is 42.5 Å². The van der Waals surface area contributed by atoms with Gasteiger partial charge in [0.15, 0.2) is 5.11 Å². The van der Waals surface area contributed by atoms with Gasteiger partial charge < -0.3 is 4.74 Å². The number of rotatable bonds is 7. The molecule has 0 radical (unpaired) electrons. The summed E-state index contributed by atoms with van der Waals surface area (Å²) < 4.78 is 5.66. The van der Waals surface area contributed by atoms with Crippen LogP contribution in [0.4, 0.5) is 0 Å². The molecule has 2 amide bonds. The molecule has 3 aromatic carbocycles. The number of carbonyl (C=O) groups is 2. The third-order valence-electron chi connectivity index (χ3n) is 4.85. The van der Waals surface area contributed by atoms with E-state index in [-0.39, 0.29) is 23.3 Å². The maximum atomic E-state index is 12.4. The second-order valence-corrected chi connectivity index (χ2v) is 8.24. The Morgan fingerprint density at radius 2 is 1.66 bits per heavy atom. The monoisotopic (exact) mass is 449 g/mol. The maximum absolute atomic E-state index is 12.4. The molecule has 0 aliphatic carbocycles. The number of hydrogen-bond acceptors (Lipinski definition) is 4. The van der Waals surface area contributed by atoms with Gasteiger partial charge in [-0.3, -0.25) is 25.8 Å². The number of fused-ring (bicyclic) bond motifs is 1. The predicted octanol–water partition coefficient (Wildman–Crippen LogP) is 4.14. The van der Waals surface area contributed by atoms with E-state index < -0.39 is 0 Å². The van der Waals surface area contributed by atoms with Crippen LogP contribution in [0, 0.1) is 5.92 Å². The number of hydrazine groups is 1. The van der Waals surface area contributed by atoms with Gasteiger partial charge in [-0.05, 0) is 65.2 Å². The van der Waals surface area contributed by atoms with Gasteiger partial charge in [-0.2, -0.15) is 0 Å². The van der Waals surface area contributed by atoms with Crippen LogP contribution in [-0.4, -0.2) is 23.5 Å². The van der Waals surface area contributed by atoms with Gasteiger partial charge in [0.1, 0.15) is 5.75 Å². The second-order valence-electron chi connectivity index (χ2n) is 7.83. The van der Waals surface area contributed by atoms with Crippen molar-refractivity contribution in [3.8, 4) is 5.75 Å². The molecule has 3 N–H and O–H groups in total. The minimum Gasteiger partial charge on any atom is -0.494 e. The highest BCUT2D eigenvalue weighted by molar-refractivity contribution is 7.80.